The molecule has 2 aromatic heterocycles. The van der Waals surface area contributed by atoms with E-state index in [0.29, 0.717) is 34.4 Å². The van der Waals surface area contributed by atoms with E-state index < -0.39 is 0 Å². The molecule has 1 amide bonds. The number of anilines is 3. The van der Waals surface area contributed by atoms with E-state index in [-0.39, 0.29) is 29.9 Å². The number of halogens is 1. The van der Waals surface area contributed by atoms with Gasteiger partial charge in [-0.1, -0.05) is 17.7 Å². The molecule has 3 N–H and O–H groups in total. The van der Waals surface area contributed by atoms with Crippen molar-refractivity contribution in [3.8, 4) is 0 Å². The van der Waals surface area contributed by atoms with Crippen molar-refractivity contribution < 1.29 is 14.3 Å². The Labute approximate surface area is 232 Å². The molecule has 3 heterocycles. The summed E-state index contributed by atoms with van der Waals surface area (Å²) in [4.78, 5) is 44.3. The average molecular weight is 553 g/mol. The quantitative estimate of drug-likeness (QED) is 0.356. The first-order chi connectivity index (χ1) is 19.0. The minimum atomic E-state index is -0.222. The van der Waals surface area contributed by atoms with Crippen LogP contribution in [0.5, 0.6) is 0 Å². The normalized spacial score (nSPS) is 20.4. The highest BCUT2D eigenvalue weighted by Gasteiger charge is 2.29. The van der Waals surface area contributed by atoms with Crippen LogP contribution in [0, 0.1) is 5.92 Å². The lowest BCUT2D eigenvalue weighted by Crippen LogP contribution is -2.48. The zero-order valence-corrected chi connectivity index (χ0v) is 22.7. The van der Waals surface area contributed by atoms with Gasteiger partial charge < -0.3 is 20.7 Å². The molecular weight excluding hydrogens is 520 g/mol. The number of carbonyl (C=O) groups excluding carboxylic acids is 2. The van der Waals surface area contributed by atoms with E-state index in [0.717, 1.165) is 57.3 Å². The van der Waals surface area contributed by atoms with Crippen LogP contribution in [0.3, 0.4) is 0 Å². The maximum absolute atomic E-state index is 12.9. The van der Waals surface area contributed by atoms with Gasteiger partial charge in [0.15, 0.2) is 5.82 Å². The van der Waals surface area contributed by atoms with E-state index in [2.05, 4.69) is 35.8 Å². The van der Waals surface area contributed by atoms with Gasteiger partial charge in [0.2, 0.25) is 11.9 Å². The lowest BCUT2D eigenvalue weighted by molar-refractivity contribution is -0.142. The highest BCUT2D eigenvalue weighted by atomic mass is 35.5. The molecule has 39 heavy (non-hydrogen) atoms. The van der Waals surface area contributed by atoms with Crippen molar-refractivity contribution in [1.82, 2.24) is 30.2 Å². The number of nitrogens with zero attached hydrogens (tertiary/aromatic N) is 5. The summed E-state index contributed by atoms with van der Waals surface area (Å²) in [6.07, 6.45) is 8.18. The second kappa shape index (κ2) is 12.5. The third-order valence-electron chi connectivity index (χ3n) is 7.41. The summed E-state index contributed by atoms with van der Waals surface area (Å²) in [5.41, 5.74) is 2.05. The van der Waals surface area contributed by atoms with Gasteiger partial charge in [-0.3, -0.25) is 14.5 Å². The van der Waals surface area contributed by atoms with E-state index in [1.807, 2.05) is 24.3 Å². The molecule has 11 nitrogen and oxygen atoms in total. The van der Waals surface area contributed by atoms with Crippen molar-refractivity contribution in [3.63, 3.8) is 0 Å². The van der Waals surface area contributed by atoms with Crippen molar-refractivity contribution in [3.05, 3.63) is 41.8 Å². The molecule has 3 aromatic rings. The monoisotopic (exact) mass is 552 g/mol. The summed E-state index contributed by atoms with van der Waals surface area (Å²) in [6.45, 7) is 1.87. The number of likely N-dealkylation sites (tertiary alicyclic amines) is 1. The van der Waals surface area contributed by atoms with Crippen LogP contribution in [0.1, 0.15) is 38.5 Å². The number of carbonyl (C=O) groups is 2. The van der Waals surface area contributed by atoms with Crippen molar-refractivity contribution in [2.45, 2.75) is 50.6 Å². The number of esters is 1. The Bertz CT molecular complexity index is 1310. The van der Waals surface area contributed by atoms with E-state index in [1.165, 1.54) is 13.4 Å². The first-order valence-corrected chi connectivity index (χ1v) is 13.7. The molecule has 5 rings (SSSR count). The summed E-state index contributed by atoms with van der Waals surface area (Å²) in [6, 6.07) is 7.74. The van der Waals surface area contributed by atoms with E-state index in [1.54, 1.807) is 6.20 Å². The molecule has 1 aliphatic heterocycles. The van der Waals surface area contributed by atoms with Crippen molar-refractivity contribution in [2.75, 3.05) is 37.4 Å². The predicted octanol–water partition coefficient (Wildman–Crippen LogP) is 3.54. The number of aromatic nitrogens is 4. The van der Waals surface area contributed by atoms with Gasteiger partial charge >= 0.3 is 5.97 Å². The molecule has 1 saturated heterocycles. The van der Waals surface area contributed by atoms with E-state index in [9.17, 15) is 9.59 Å². The molecule has 2 aliphatic rings. The Morgan fingerprint density at radius 1 is 1.05 bits per heavy atom. The van der Waals surface area contributed by atoms with Gasteiger partial charge in [0.05, 0.1) is 19.9 Å². The Kier molecular flexibility index (Phi) is 8.67. The highest BCUT2D eigenvalue weighted by molar-refractivity contribution is 6.30. The summed E-state index contributed by atoms with van der Waals surface area (Å²) < 4.78 is 4.74. The number of fused-ring (bicyclic) bond motifs is 1. The minimum Gasteiger partial charge on any atom is -0.468 e. The fourth-order valence-corrected chi connectivity index (χ4v) is 5.39. The maximum atomic E-state index is 12.9. The smallest absolute Gasteiger partial charge is 0.319 e. The molecular formula is C27H33ClN8O3. The topological polar surface area (TPSA) is 134 Å². The first kappa shape index (κ1) is 27.0. The van der Waals surface area contributed by atoms with Crippen molar-refractivity contribution in [1.29, 1.82) is 0 Å². The Hall–Kier alpha value is -3.57. The SMILES string of the molecule is COC(=O)CN1CCC(NC(=O)C2CCC(Nc3ncc4ncnc(Nc5cccc(Cl)c5)c4n3)CC2)CC1. The molecule has 0 radical (unpaired) electrons. The third-order valence-corrected chi connectivity index (χ3v) is 7.65. The number of hydrogen-bond donors (Lipinski definition) is 3. The molecule has 206 valence electrons. The summed E-state index contributed by atoms with van der Waals surface area (Å²) in [5, 5.41) is 10.6. The maximum Gasteiger partial charge on any atom is 0.319 e. The van der Waals surface area contributed by atoms with Crippen LogP contribution in [0.4, 0.5) is 17.5 Å². The average Bonchev–Trinajstić information content (AvgIpc) is 2.95. The van der Waals surface area contributed by atoms with Gasteiger partial charge in [-0.05, 0) is 56.7 Å². The largest absolute Gasteiger partial charge is 0.468 e. The molecule has 12 heteroatoms. The highest BCUT2D eigenvalue weighted by Crippen LogP contribution is 2.28. The third kappa shape index (κ3) is 7.10. The summed E-state index contributed by atoms with van der Waals surface area (Å²) in [7, 11) is 1.40. The number of nitrogens with one attached hydrogen (secondary N) is 3. The molecule has 0 bridgehead atoms. The molecule has 0 spiro atoms. The molecule has 2 fully saturated rings. The zero-order chi connectivity index (χ0) is 27.2. The van der Waals surface area contributed by atoms with Crippen molar-refractivity contribution >= 4 is 52.0 Å². The number of piperidine rings is 1. The van der Waals surface area contributed by atoms with Crippen LogP contribution >= 0.6 is 11.6 Å². The lowest BCUT2D eigenvalue weighted by atomic mass is 9.85. The number of rotatable bonds is 8. The number of hydrogen-bond acceptors (Lipinski definition) is 10. The van der Waals surface area contributed by atoms with Crippen LogP contribution in [-0.2, 0) is 14.3 Å². The number of benzene rings is 1. The summed E-state index contributed by atoms with van der Waals surface area (Å²) >= 11 is 6.12. The lowest BCUT2D eigenvalue weighted by Gasteiger charge is -2.33. The molecule has 1 saturated carbocycles. The predicted molar refractivity (Wildman–Crippen MR) is 149 cm³/mol. The van der Waals surface area contributed by atoms with E-state index in [4.69, 9.17) is 21.3 Å². The number of amides is 1. The van der Waals surface area contributed by atoms with Gasteiger partial charge in [-0.2, -0.15) is 0 Å². The Morgan fingerprint density at radius 3 is 2.59 bits per heavy atom. The van der Waals surface area contributed by atoms with Crippen LogP contribution in [0.25, 0.3) is 11.0 Å². The fraction of sp³-hybridized carbons (Fsp3) is 0.481. The molecule has 0 atom stereocenters. The molecule has 0 unspecified atom stereocenters. The van der Waals surface area contributed by atoms with Crippen LogP contribution in [0.15, 0.2) is 36.8 Å². The second-order valence-corrected chi connectivity index (χ2v) is 10.5. The van der Waals surface area contributed by atoms with E-state index >= 15 is 0 Å². The standard InChI is InChI=1S/C27H33ClN8O3/c1-39-23(37)15-36-11-9-20(10-12-36)33-26(38)17-5-7-19(8-6-17)34-27-29-14-22-24(35-27)25(31-16-30-22)32-21-4-2-3-18(28)13-21/h2-4,13-14,16-17,19-20H,5-12,15H2,1H3,(H,33,38)(H,29,34,35)(H,30,31,32). The van der Waals surface area contributed by atoms with Gasteiger partial charge in [0, 0.05) is 41.8 Å². The first-order valence-electron chi connectivity index (χ1n) is 13.3. The Balaban J connectivity index is 1.12. The van der Waals surface area contributed by atoms with Gasteiger partial charge in [-0.25, -0.2) is 19.9 Å². The Morgan fingerprint density at radius 2 is 1.85 bits per heavy atom. The fourth-order valence-electron chi connectivity index (χ4n) is 5.20. The second-order valence-electron chi connectivity index (χ2n) is 10.1. The molecule has 1 aliphatic carbocycles. The molecule has 1 aromatic carbocycles. The zero-order valence-electron chi connectivity index (χ0n) is 21.9. The van der Waals surface area contributed by atoms with Crippen LogP contribution < -0.4 is 16.0 Å². The van der Waals surface area contributed by atoms with Gasteiger partial charge in [0.25, 0.3) is 0 Å². The van der Waals surface area contributed by atoms with Crippen LogP contribution in [-0.4, -0.2) is 75.5 Å². The number of methoxy groups -OCH3 is 1. The number of ether oxygens (including phenoxy) is 1. The van der Waals surface area contributed by atoms with Crippen LogP contribution in [0.2, 0.25) is 5.02 Å². The van der Waals surface area contributed by atoms with Gasteiger partial charge in [0.1, 0.15) is 17.4 Å². The summed E-state index contributed by atoms with van der Waals surface area (Å²) in [5.74, 6) is 1.01. The van der Waals surface area contributed by atoms with Gasteiger partial charge in [-0.15, -0.1) is 0 Å². The minimum absolute atomic E-state index is 0.00979. The van der Waals surface area contributed by atoms with Crippen molar-refractivity contribution in [2.24, 2.45) is 5.92 Å².